The normalized spacial score (nSPS) is 28.5. The summed E-state index contributed by atoms with van der Waals surface area (Å²) in [6.45, 7) is 0.299. The summed E-state index contributed by atoms with van der Waals surface area (Å²) in [5.74, 6) is -0.365. The van der Waals surface area contributed by atoms with E-state index in [-0.39, 0.29) is 12.4 Å². The van der Waals surface area contributed by atoms with Crippen LogP contribution in [0.25, 0.3) is 0 Å². The third-order valence-electron chi connectivity index (χ3n) is 3.46. The van der Waals surface area contributed by atoms with E-state index in [2.05, 4.69) is 4.74 Å². The van der Waals surface area contributed by atoms with Gasteiger partial charge >= 0.3 is 5.97 Å². The number of esters is 1. The maximum atomic E-state index is 11.2. The molecule has 1 fully saturated rings. The Morgan fingerprint density at radius 1 is 1.29 bits per heavy atom. The van der Waals surface area contributed by atoms with Gasteiger partial charge in [0.15, 0.2) is 6.29 Å². The van der Waals surface area contributed by atoms with E-state index in [1.54, 1.807) is 0 Å². The van der Waals surface area contributed by atoms with Crippen LogP contribution < -0.4 is 0 Å². The van der Waals surface area contributed by atoms with Gasteiger partial charge in [-0.05, 0) is 12.0 Å². The van der Waals surface area contributed by atoms with Crippen LogP contribution in [0.3, 0.4) is 0 Å². The van der Waals surface area contributed by atoms with Crippen LogP contribution in [-0.4, -0.2) is 47.9 Å². The molecule has 6 heteroatoms. The van der Waals surface area contributed by atoms with Crippen molar-refractivity contribution in [3.8, 4) is 0 Å². The minimum Gasteiger partial charge on any atom is -0.469 e. The smallest absolute Gasteiger partial charge is 0.305 e. The molecule has 0 aromatic heterocycles. The zero-order valence-electron chi connectivity index (χ0n) is 11.8. The summed E-state index contributed by atoms with van der Waals surface area (Å²) >= 11 is 0. The highest BCUT2D eigenvalue weighted by Crippen LogP contribution is 2.26. The predicted molar refractivity (Wildman–Crippen MR) is 73.2 cm³/mol. The van der Waals surface area contributed by atoms with Crippen molar-refractivity contribution in [2.24, 2.45) is 0 Å². The average Bonchev–Trinajstić information content (AvgIpc) is 2.78. The van der Waals surface area contributed by atoms with Gasteiger partial charge in [0.1, 0.15) is 12.2 Å². The molecule has 4 atom stereocenters. The first-order valence-corrected chi connectivity index (χ1v) is 6.85. The van der Waals surface area contributed by atoms with Gasteiger partial charge in [0.2, 0.25) is 0 Å². The van der Waals surface area contributed by atoms with Crippen LogP contribution in [0.4, 0.5) is 0 Å². The molecule has 6 nitrogen and oxygen atoms in total. The molecule has 2 rings (SSSR count). The van der Waals surface area contributed by atoms with Gasteiger partial charge in [0, 0.05) is 6.42 Å². The van der Waals surface area contributed by atoms with E-state index in [4.69, 9.17) is 9.47 Å². The van der Waals surface area contributed by atoms with E-state index >= 15 is 0 Å². The largest absolute Gasteiger partial charge is 0.469 e. The molecule has 0 amide bonds. The van der Waals surface area contributed by atoms with Crippen LogP contribution in [0.5, 0.6) is 0 Å². The highest BCUT2D eigenvalue weighted by atomic mass is 16.7. The summed E-state index contributed by atoms with van der Waals surface area (Å²) in [5.41, 5.74) is 0.956. The zero-order valence-corrected chi connectivity index (χ0v) is 11.8. The SMILES string of the molecule is COC(=O)CC[C@H]1O[C@H](O)[C@H](O)[C@H]1OCc1ccccc1. The van der Waals surface area contributed by atoms with Crippen LogP contribution in [0.2, 0.25) is 0 Å². The summed E-state index contributed by atoms with van der Waals surface area (Å²) in [6, 6.07) is 9.50. The molecule has 0 unspecified atom stereocenters. The second kappa shape index (κ2) is 7.51. The quantitative estimate of drug-likeness (QED) is 0.748. The van der Waals surface area contributed by atoms with Gasteiger partial charge in [0.05, 0.1) is 19.8 Å². The summed E-state index contributed by atoms with van der Waals surface area (Å²) in [5, 5.41) is 19.5. The summed E-state index contributed by atoms with van der Waals surface area (Å²) in [7, 11) is 1.31. The average molecular weight is 296 g/mol. The Morgan fingerprint density at radius 2 is 2.00 bits per heavy atom. The van der Waals surface area contributed by atoms with E-state index in [1.807, 2.05) is 30.3 Å². The number of aliphatic hydroxyl groups is 2. The Labute approximate surface area is 123 Å². The van der Waals surface area contributed by atoms with Gasteiger partial charge in [-0.1, -0.05) is 30.3 Å². The lowest BCUT2D eigenvalue weighted by Crippen LogP contribution is -2.35. The fourth-order valence-electron chi connectivity index (χ4n) is 2.29. The van der Waals surface area contributed by atoms with Crippen molar-refractivity contribution >= 4 is 5.97 Å². The molecule has 1 saturated heterocycles. The van der Waals surface area contributed by atoms with E-state index in [0.29, 0.717) is 13.0 Å². The Kier molecular flexibility index (Phi) is 5.69. The predicted octanol–water partition coefficient (Wildman–Crippen LogP) is 0.603. The minimum absolute atomic E-state index is 0.145. The number of rotatable bonds is 6. The van der Waals surface area contributed by atoms with Crippen LogP contribution in [-0.2, 0) is 25.6 Å². The number of hydrogen-bond acceptors (Lipinski definition) is 6. The molecule has 0 saturated carbocycles. The Balaban J connectivity index is 1.91. The second-order valence-electron chi connectivity index (χ2n) is 4.93. The fraction of sp³-hybridized carbons (Fsp3) is 0.533. The Bertz CT molecular complexity index is 449. The van der Waals surface area contributed by atoms with Crippen LogP contribution in [0, 0.1) is 0 Å². The first kappa shape index (κ1) is 15.9. The number of ether oxygens (including phenoxy) is 3. The number of carbonyl (C=O) groups excluding carboxylic acids is 1. The maximum Gasteiger partial charge on any atom is 0.305 e. The molecule has 1 aromatic rings. The van der Waals surface area contributed by atoms with Crippen molar-refractivity contribution in [2.45, 2.75) is 44.1 Å². The van der Waals surface area contributed by atoms with Crippen molar-refractivity contribution in [3.63, 3.8) is 0 Å². The molecule has 0 radical (unpaired) electrons. The molecule has 0 bridgehead atoms. The molecule has 0 spiro atoms. The molecule has 1 aromatic carbocycles. The maximum absolute atomic E-state index is 11.2. The minimum atomic E-state index is -1.30. The summed E-state index contributed by atoms with van der Waals surface area (Å²) in [4.78, 5) is 11.2. The Morgan fingerprint density at radius 3 is 2.67 bits per heavy atom. The molecule has 116 valence electrons. The summed E-state index contributed by atoms with van der Waals surface area (Å²) < 4.78 is 15.5. The van der Waals surface area contributed by atoms with Crippen molar-refractivity contribution < 1.29 is 29.2 Å². The van der Waals surface area contributed by atoms with Gasteiger partial charge in [-0.15, -0.1) is 0 Å². The van der Waals surface area contributed by atoms with Crippen molar-refractivity contribution in [2.75, 3.05) is 7.11 Å². The number of carbonyl (C=O) groups is 1. The van der Waals surface area contributed by atoms with Gasteiger partial charge in [-0.3, -0.25) is 4.79 Å². The third-order valence-corrected chi connectivity index (χ3v) is 3.46. The van der Waals surface area contributed by atoms with Crippen LogP contribution >= 0.6 is 0 Å². The van der Waals surface area contributed by atoms with E-state index in [1.165, 1.54) is 7.11 Å². The lowest BCUT2D eigenvalue weighted by molar-refractivity contribution is -0.144. The van der Waals surface area contributed by atoms with Crippen LogP contribution in [0.1, 0.15) is 18.4 Å². The highest BCUT2D eigenvalue weighted by Gasteiger charge is 2.43. The Hall–Kier alpha value is -1.47. The first-order chi connectivity index (χ1) is 10.1. The number of aliphatic hydroxyl groups excluding tert-OH is 2. The lowest BCUT2D eigenvalue weighted by Gasteiger charge is -2.20. The second-order valence-corrected chi connectivity index (χ2v) is 4.93. The topological polar surface area (TPSA) is 85.2 Å². The fourth-order valence-corrected chi connectivity index (χ4v) is 2.29. The van der Waals surface area contributed by atoms with Crippen molar-refractivity contribution in [1.29, 1.82) is 0 Å². The van der Waals surface area contributed by atoms with Gasteiger partial charge in [0.25, 0.3) is 0 Å². The molecule has 21 heavy (non-hydrogen) atoms. The number of methoxy groups -OCH3 is 1. The summed E-state index contributed by atoms with van der Waals surface area (Å²) in [6.07, 6.45) is -3.18. The molecule has 1 aliphatic heterocycles. The van der Waals surface area contributed by atoms with Crippen molar-refractivity contribution in [1.82, 2.24) is 0 Å². The zero-order chi connectivity index (χ0) is 15.2. The molecule has 1 heterocycles. The van der Waals surface area contributed by atoms with Gasteiger partial charge < -0.3 is 24.4 Å². The lowest BCUT2D eigenvalue weighted by atomic mass is 10.1. The van der Waals surface area contributed by atoms with E-state index in [9.17, 15) is 15.0 Å². The monoisotopic (exact) mass is 296 g/mol. The molecule has 0 aliphatic carbocycles. The van der Waals surface area contributed by atoms with E-state index < -0.39 is 24.6 Å². The number of benzene rings is 1. The van der Waals surface area contributed by atoms with Crippen LogP contribution in [0.15, 0.2) is 30.3 Å². The number of hydrogen-bond donors (Lipinski definition) is 2. The standard InChI is InChI=1S/C15H20O6/c1-19-12(16)8-7-11-14(13(17)15(18)21-11)20-9-10-5-3-2-4-6-10/h2-6,11,13-15,17-18H,7-9H2,1H3/t11-,13-,14+,15+/m1/s1. The first-order valence-electron chi connectivity index (χ1n) is 6.85. The molecule has 2 N–H and O–H groups in total. The third kappa shape index (κ3) is 4.25. The highest BCUT2D eigenvalue weighted by molar-refractivity contribution is 5.69. The van der Waals surface area contributed by atoms with Gasteiger partial charge in [-0.2, -0.15) is 0 Å². The molecular formula is C15H20O6. The van der Waals surface area contributed by atoms with Gasteiger partial charge in [-0.25, -0.2) is 0 Å². The van der Waals surface area contributed by atoms with E-state index in [0.717, 1.165) is 5.56 Å². The molecular weight excluding hydrogens is 276 g/mol. The molecule has 1 aliphatic rings. The van der Waals surface area contributed by atoms with Crippen molar-refractivity contribution in [3.05, 3.63) is 35.9 Å².